The van der Waals surface area contributed by atoms with Gasteiger partial charge in [0.05, 0.1) is 0 Å². The van der Waals surface area contributed by atoms with Crippen molar-refractivity contribution in [3.05, 3.63) is 76.8 Å². The lowest BCUT2D eigenvalue weighted by Gasteiger charge is -2.29. The third kappa shape index (κ3) is 2.38. The molecule has 3 aromatic carbocycles. The average molecular weight is 351 g/mol. The van der Waals surface area contributed by atoms with Crippen LogP contribution in [0.2, 0.25) is 0 Å². The van der Waals surface area contributed by atoms with Gasteiger partial charge in [-0.3, -0.25) is 0 Å². The molecule has 0 bridgehead atoms. The standard InChI is InChI=1S/C19H15BrN2/c20-15(12-13-6-2-1-3-7-13)19-21-16-10-4-8-14-9-5-11-17(22-19)18(14)16/h1-12,19,21-22H/b15-12-. The first kappa shape index (κ1) is 13.4. The Labute approximate surface area is 138 Å². The summed E-state index contributed by atoms with van der Waals surface area (Å²) in [5.74, 6) is 0. The molecule has 1 aliphatic rings. The molecule has 0 aliphatic carbocycles. The van der Waals surface area contributed by atoms with Gasteiger partial charge in [-0.05, 0) is 29.2 Å². The van der Waals surface area contributed by atoms with E-state index in [1.54, 1.807) is 0 Å². The lowest BCUT2D eigenvalue weighted by Crippen LogP contribution is -2.31. The highest BCUT2D eigenvalue weighted by Crippen LogP contribution is 2.36. The number of nitrogens with one attached hydrogen (secondary N) is 2. The molecular weight excluding hydrogens is 336 g/mol. The predicted molar refractivity (Wildman–Crippen MR) is 98.3 cm³/mol. The van der Waals surface area contributed by atoms with Gasteiger partial charge in [0.25, 0.3) is 0 Å². The summed E-state index contributed by atoms with van der Waals surface area (Å²) in [4.78, 5) is 0. The van der Waals surface area contributed by atoms with E-state index in [0.717, 1.165) is 15.9 Å². The summed E-state index contributed by atoms with van der Waals surface area (Å²) in [6, 6.07) is 23.0. The summed E-state index contributed by atoms with van der Waals surface area (Å²) in [6.45, 7) is 0. The largest absolute Gasteiger partial charge is 0.361 e. The Morgan fingerprint density at radius 2 is 1.45 bits per heavy atom. The zero-order valence-electron chi connectivity index (χ0n) is 11.9. The van der Waals surface area contributed by atoms with Crippen LogP contribution in [0.4, 0.5) is 11.4 Å². The highest BCUT2D eigenvalue weighted by Gasteiger charge is 2.20. The molecular formula is C19H15BrN2. The highest BCUT2D eigenvalue weighted by atomic mass is 79.9. The summed E-state index contributed by atoms with van der Waals surface area (Å²) in [7, 11) is 0. The molecule has 2 nitrogen and oxygen atoms in total. The van der Waals surface area contributed by atoms with Gasteiger partial charge in [0, 0.05) is 21.2 Å². The van der Waals surface area contributed by atoms with E-state index >= 15 is 0 Å². The maximum absolute atomic E-state index is 3.71. The van der Waals surface area contributed by atoms with Crippen LogP contribution in [0.3, 0.4) is 0 Å². The van der Waals surface area contributed by atoms with Crippen LogP contribution in [0.25, 0.3) is 16.8 Å². The molecule has 0 atom stereocenters. The molecule has 0 unspecified atom stereocenters. The number of benzene rings is 3. The number of rotatable bonds is 2. The molecule has 0 radical (unpaired) electrons. The van der Waals surface area contributed by atoms with Crippen molar-refractivity contribution in [2.45, 2.75) is 6.17 Å². The van der Waals surface area contributed by atoms with E-state index in [0.29, 0.717) is 0 Å². The predicted octanol–water partition coefficient (Wildman–Crippen LogP) is 5.44. The topological polar surface area (TPSA) is 24.1 Å². The first-order chi connectivity index (χ1) is 10.8. The van der Waals surface area contributed by atoms with Crippen LogP contribution < -0.4 is 10.6 Å². The molecule has 2 N–H and O–H groups in total. The second-order valence-corrected chi connectivity index (χ2v) is 6.29. The van der Waals surface area contributed by atoms with Crippen molar-refractivity contribution in [2.75, 3.05) is 10.6 Å². The van der Waals surface area contributed by atoms with Crippen molar-refractivity contribution < 1.29 is 0 Å². The molecule has 0 saturated heterocycles. The number of halogens is 1. The van der Waals surface area contributed by atoms with Gasteiger partial charge in [0.2, 0.25) is 0 Å². The third-order valence-electron chi connectivity index (χ3n) is 3.88. The van der Waals surface area contributed by atoms with Gasteiger partial charge in [0.1, 0.15) is 6.17 Å². The van der Waals surface area contributed by atoms with Gasteiger partial charge >= 0.3 is 0 Å². The minimum absolute atomic E-state index is 0.0284. The molecule has 108 valence electrons. The minimum Gasteiger partial charge on any atom is -0.361 e. The molecule has 4 rings (SSSR count). The Morgan fingerprint density at radius 1 is 0.818 bits per heavy atom. The normalized spacial score (nSPS) is 14.5. The summed E-state index contributed by atoms with van der Waals surface area (Å²) < 4.78 is 1.07. The van der Waals surface area contributed by atoms with E-state index in [-0.39, 0.29) is 6.17 Å². The Hall–Kier alpha value is -2.26. The fourth-order valence-electron chi connectivity index (χ4n) is 2.86. The van der Waals surface area contributed by atoms with Crippen molar-refractivity contribution in [2.24, 2.45) is 0 Å². The van der Waals surface area contributed by atoms with Gasteiger partial charge < -0.3 is 10.6 Å². The number of hydrogen-bond donors (Lipinski definition) is 2. The minimum atomic E-state index is 0.0284. The lowest BCUT2D eigenvalue weighted by atomic mass is 10.0. The Kier molecular flexibility index (Phi) is 3.35. The zero-order valence-corrected chi connectivity index (χ0v) is 13.5. The molecule has 0 amide bonds. The Bertz CT molecular complexity index is 815. The molecule has 0 spiro atoms. The maximum Gasteiger partial charge on any atom is 0.130 e. The van der Waals surface area contributed by atoms with E-state index in [1.807, 2.05) is 18.2 Å². The van der Waals surface area contributed by atoms with Crippen LogP contribution in [-0.2, 0) is 0 Å². The van der Waals surface area contributed by atoms with Crippen LogP contribution in [0, 0.1) is 0 Å². The van der Waals surface area contributed by atoms with Crippen LogP contribution in [0.1, 0.15) is 5.56 Å². The second-order valence-electron chi connectivity index (χ2n) is 5.37. The lowest BCUT2D eigenvalue weighted by molar-refractivity contribution is 1.00. The quantitative estimate of drug-likeness (QED) is 0.642. The van der Waals surface area contributed by atoms with Gasteiger partial charge in [-0.2, -0.15) is 0 Å². The van der Waals surface area contributed by atoms with E-state index in [4.69, 9.17) is 0 Å². The van der Waals surface area contributed by atoms with Crippen molar-refractivity contribution in [1.29, 1.82) is 0 Å². The molecule has 1 aliphatic heterocycles. The SMILES string of the molecule is Br/C(=C\c1ccccc1)C1Nc2cccc3cccc(c23)N1. The van der Waals surface area contributed by atoms with Crippen molar-refractivity contribution in [3.63, 3.8) is 0 Å². The van der Waals surface area contributed by atoms with E-state index in [9.17, 15) is 0 Å². The van der Waals surface area contributed by atoms with Gasteiger partial charge in [-0.1, -0.05) is 70.5 Å². The van der Waals surface area contributed by atoms with E-state index in [1.165, 1.54) is 16.3 Å². The third-order valence-corrected chi connectivity index (χ3v) is 4.57. The fourth-order valence-corrected chi connectivity index (χ4v) is 3.35. The zero-order chi connectivity index (χ0) is 14.9. The van der Waals surface area contributed by atoms with Crippen LogP contribution in [-0.4, -0.2) is 6.17 Å². The molecule has 3 aromatic rings. The summed E-state index contributed by atoms with van der Waals surface area (Å²) in [6.07, 6.45) is 2.17. The van der Waals surface area contributed by atoms with Crippen molar-refractivity contribution in [3.8, 4) is 0 Å². The molecule has 1 heterocycles. The summed E-state index contributed by atoms with van der Waals surface area (Å²) >= 11 is 3.71. The highest BCUT2D eigenvalue weighted by molar-refractivity contribution is 9.11. The number of hydrogen-bond acceptors (Lipinski definition) is 2. The van der Waals surface area contributed by atoms with Crippen LogP contribution in [0.5, 0.6) is 0 Å². The first-order valence-corrected chi connectivity index (χ1v) is 8.07. The van der Waals surface area contributed by atoms with Gasteiger partial charge in [0.15, 0.2) is 0 Å². The fraction of sp³-hybridized carbons (Fsp3) is 0.0526. The number of anilines is 2. The monoisotopic (exact) mass is 350 g/mol. The Balaban J connectivity index is 1.71. The molecule has 0 aromatic heterocycles. The smallest absolute Gasteiger partial charge is 0.130 e. The van der Waals surface area contributed by atoms with Crippen molar-refractivity contribution in [1.82, 2.24) is 0 Å². The molecule has 0 saturated carbocycles. The Morgan fingerprint density at radius 3 is 2.09 bits per heavy atom. The average Bonchev–Trinajstić information content (AvgIpc) is 2.56. The van der Waals surface area contributed by atoms with Crippen LogP contribution >= 0.6 is 15.9 Å². The van der Waals surface area contributed by atoms with Crippen LogP contribution in [0.15, 0.2) is 71.2 Å². The maximum atomic E-state index is 3.71. The molecule has 3 heteroatoms. The first-order valence-electron chi connectivity index (χ1n) is 7.28. The van der Waals surface area contributed by atoms with Crippen molar-refractivity contribution >= 4 is 44.2 Å². The van der Waals surface area contributed by atoms with E-state index < -0.39 is 0 Å². The van der Waals surface area contributed by atoms with Gasteiger partial charge in [-0.15, -0.1) is 0 Å². The second kappa shape index (κ2) is 5.50. The summed E-state index contributed by atoms with van der Waals surface area (Å²) in [5, 5.41) is 9.61. The van der Waals surface area contributed by atoms with E-state index in [2.05, 4.69) is 81.2 Å². The summed E-state index contributed by atoms with van der Waals surface area (Å²) in [5.41, 5.74) is 3.50. The molecule has 22 heavy (non-hydrogen) atoms. The van der Waals surface area contributed by atoms with Gasteiger partial charge in [-0.25, -0.2) is 0 Å². The molecule has 0 fully saturated rings.